The highest BCUT2D eigenvalue weighted by Crippen LogP contribution is 2.37. The van der Waals surface area contributed by atoms with Gasteiger partial charge in [-0.05, 0) is 31.6 Å². The summed E-state index contributed by atoms with van der Waals surface area (Å²) in [5.74, 6) is 0.553. The van der Waals surface area contributed by atoms with Crippen molar-refractivity contribution in [1.82, 2.24) is 14.5 Å². The van der Waals surface area contributed by atoms with Crippen LogP contribution in [0.3, 0.4) is 0 Å². The van der Waals surface area contributed by atoms with E-state index >= 15 is 0 Å². The van der Waals surface area contributed by atoms with Crippen molar-refractivity contribution in [3.63, 3.8) is 0 Å². The van der Waals surface area contributed by atoms with Crippen LogP contribution in [-0.2, 0) is 16.1 Å². The maximum Gasteiger partial charge on any atom is 0.408 e. The predicted molar refractivity (Wildman–Crippen MR) is 106 cm³/mol. The molecular weight excluding hydrogens is 415 g/mol. The second kappa shape index (κ2) is 7.68. The fraction of sp³-hybridized carbons (Fsp3) is 0.750. The number of alkyl halides is 3. The van der Waals surface area contributed by atoms with Gasteiger partial charge >= 0.3 is 6.18 Å². The Morgan fingerprint density at radius 3 is 2.58 bits per heavy atom. The summed E-state index contributed by atoms with van der Waals surface area (Å²) in [6.07, 6.45) is -1.59. The molecule has 1 aromatic rings. The topological polar surface area (TPSA) is 70.9 Å². The van der Waals surface area contributed by atoms with E-state index in [4.69, 9.17) is 4.74 Å². The lowest BCUT2D eigenvalue weighted by Crippen LogP contribution is -2.54. The minimum atomic E-state index is -4.41. The number of ether oxygens (including phenoxy) is 1. The monoisotopic (exact) mass is 441 g/mol. The Balaban J connectivity index is 1.47. The molecule has 8 nitrogen and oxygen atoms in total. The second-order valence-electron chi connectivity index (χ2n) is 8.98. The minimum absolute atomic E-state index is 0.000867. The molecule has 3 saturated heterocycles. The number of fused-ring (bicyclic) bond motifs is 3. The summed E-state index contributed by atoms with van der Waals surface area (Å²) in [4.78, 5) is 33.3. The van der Waals surface area contributed by atoms with Crippen LogP contribution in [0.15, 0.2) is 10.9 Å². The molecule has 5 heterocycles. The fourth-order valence-electron chi connectivity index (χ4n) is 5.35. The van der Waals surface area contributed by atoms with Crippen LogP contribution in [0.25, 0.3) is 0 Å². The number of rotatable bonds is 4. The highest BCUT2D eigenvalue weighted by Gasteiger charge is 2.48. The molecule has 1 aromatic heterocycles. The zero-order valence-corrected chi connectivity index (χ0v) is 17.1. The number of nitrogens with zero attached hydrogens (tertiary/aromatic N) is 5. The van der Waals surface area contributed by atoms with Gasteiger partial charge in [0.2, 0.25) is 12.4 Å². The molecule has 1 amide bonds. The van der Waals surface area contributed by atoms with Gasteiger partial charge in [0.1, 0.15) is 11.9 Å². The third-order valence-electron chi connectivity index (χ3n) is 7.06. The Bertz CT molecular complexity index is 899. The average molecular weight is 441 g/mol. The molecule has 0 aromatic carbocycles. The van der Waals surface area contributed by atoms with Gasteiger partial charge in [0, 0.05) is 38.8 Å². The van der Waals surface area contributed by atoms with E-state index in [0.717, 1.165) is 12.8 Å². The fourth-order valence-corrected chi connectivity index (χ4v) is 5.35. The highest BCUT2D eigenvalue weighted by atomic mass is 19.4. The molecule has 3 unspecified atom stereocenters. The molecular formula is C20H26F3N5O3. The largest absolute Gasteiger partial charge is 0.408 e. The molecule has 0 aliphatic carbocycles. The number of amides is 1. The van der Waals surface area contributed by atoms with Gasteiger partial charge in [-0.15, -0.1) is 0 Å². The molecule has 0 saturated carbocycles. The van der Waals surface area contributed by atoms with E-state index < -0.39 is 12.2 Å². The summed E-state index contributed by atoms with van der Waals surface area (Å²) in [5.41, 5.74) is -0.315. The van der Waals surface area contributed by atoms with Crippen LogP contribution in [0.5, 0.6) is 0 Å². The summed E-state index contributed by atoms with van der Waals surface area (Å²) in [7, 11) is 0. The smallest absolute Gasteiger partial charge is 0.374 e. The van der Waals surface area contributed by atoms with Crippen LogP contribution in [0.2, 0.25) is 0 Å². The summed E-state index contributed by atoms with van der Waals surface area (Å²) in [6.45, 7) is 2.40. The van der Waals surface area contributed by atoms with E-state index in [-0.39, 0.29) is 49.1 Å². The van der Waals surface area contributed by atoms with Crippen molar-refractivity contribution in [1.29, 1.82) is 0 Å². The Kier molecular flexibility index (Phi) is 5.10. The van der Waals surface area contributed by atoms with E-state index in [1.54, 1.807) is 4.90 Å². The van der Waals surface area contributed by atoms with Gasteiger partial charge in [0.25, 0.3) is 5.56 Å². The molecule has 3 fully saturated rings. The number of halogens is 3. The van der Waals surface area contributed by atoms with E-state index in [1.807, 2.05) is 4.90 Å². The van der Waals surface area contributed by atoms with Gasteiger partial charge in [-0.25, -0.2) is 0 Å². The number of aromatic nitrogens is 2. The molecule has 11 heteroatoms. The van der Waals surface area contributed by atoms with Crippen LogP contribution in [0.4, 0.5) is 24.9 Å². The Hall–Kier alpha value is -2.30. The quantitative estimate of drug-likeness (QED) is 0.655. The van der Waals surface area contributed by atoms with Crippen molar-refractivity contribution in [3.05, 3.63) is 16.4 Å². The first-order valence-electron chi connectivity index (χ1n) is 10.9. The van der Waals surface area contributed by atoms with Crippen LogP contribution in [-0.4, -0.2) is 78.0 Å². The van der Waals surface area contributed by atoms with E-state index in [2.05, 4.69) is 4.98 Å². The van der Waals surface area contributed by atoms with Crippen molar-refractivity contribution in [2.24, 2.45) is 5.92 Å². The molecule has 2 bridgehead atoms. The third kappa shape index (κ3) is 3.77. The average Bonchev–Trinajstić information content (AvgIpc) is 3.37. The molecule has 3 atom stereocenters. The van der Waals surface area contributed by atoms with Crippen molar-refractivity contribution < 1.29 is 22.7 Å². The Morgan fingerprint density at radius 1 is 1.19 bits per heavy atom. The first-order valence-corrected chi connectivity index (χ1v) is 10.9. The molecule has 4 aliphatic rings. The number of piperidine rings is 1. The number of carbonyl (C=O) groups is 1. The number of anilines is 2. The third-order valence-corrected chi connectivity index (χ3v) is 7.06. The van der Waals surface area contributed by atoms with E-state index in [1.165, 1.54) is 15.5 Å². The van der Waals surface area contributed by atoms with Gasteiger partial charge < -0.3 is 19.4 Å². The maximum atomic E-state index is 13.9. The number of hydrogen-bond donors (Lipinski definition) is 0. The summed E-state index contributed by atoms with van der Waals surface area (Å²) >= 11 is 0. The Morgan fingerprint density at radius 2 is 1.97 bits per heavy atom. The number of morpholine rings is 1. The predicted octanol–water partition coefficient (Wildman–Crippen LogP) is 1.23. The van der Waals surface area contributed by atoms with E-state index in [0.29, 0.717) is 44.9 Å². The molecule has 170 valence electrons. The van der Waals surface area contributed by atoms with Crippen molar-refractivity contribution in [3.8, 4) is 0 Å². The lowest BCUT2D eigenvalue weighted by Gasteiger charge is -2.42. The van der Waals surface area contributed by atoms with Crippen LogP contribution in [0.1, 0.15) is 25.7 Å². The van der Waals surface area contributed by atoms with Gasteiger partial charge in [-0.2, -0.15) is 18.2 Å². The van der Waals surface area contributed by atoms with Crippen molar-refractivity contribution in [2.45, 2.75) is 56.6 Å². The molecule has 5 rings (SSSR count). The summed E-state index contributed by atoms with van der Waals surface area (Å²) < 4.78 is 48.8. The zero-order chi connectivity index (χ0) is 21.8. The molecule has 0 N–H and O–H groups in total. The normalized spacial score (nSPS) is 28.9. The summed E-state index contributed by atoms with van der Waals surface area (Å²) in [5, 5.41) is 0. The van der Waals surface area contributed by atoms with Crippen LogP contribution >= 0.6 is 0 Å². The van der Waals surface area contributed by atoms with Crippen molar-refractivity contribution >= 4 is 18.2 Å². The van der Waals surface area contributed by atoms with Crippen LogP contribution < -0.4 is 15.4 Å². The first kappa shape index (κ1) is 20.6. The van der Waals surface area contributed by atoms with E-state index in [9.17, 15) is 22.8 Å². The van der Waals surface area contributed by atoms with Gasteiger partial charge in [-0.3, -0.25) is 14.2 Å². The van der Waals surface area contributed by atoms with Gasteiger partial charge in [0.15, 0.2) is 0 Å². The van der Waals surface area contributed by atoms with Crippen molar-refractivity contribution in [2.75, 3.05) is 42.6 Å². The second-order valence-corrected chi connectivity index (χ2v) is 8.98. The number of likely N-dealkylation sites (tertiary alicyclic amines) is 1. The molecule has 31 heavy (non-hydrogen) atoms. The molecule has 4 aliphatic heterocycles. The minimum Gasteiger partial charge on any atom is -0.374 e. The first-order chi connectivity index (χ1) is 14.8. The highest BCUT2D eigenvalue weighted by molar-refractivity contribution is 5.49. The van der Waals surface area contributed by atoms with Crippen LogP contribution in [0, 0.1) is 5.92 Å². The number of hydrogen-bond acceptors (Lipinski definition) is 6. The lowest BCUT2D eigenvalue weighted by molar-refractivity contribution is -0.153. The SMILES string of the molecule is O=CN1CCC(CN2c3nc(N4CC5CC4CO5)cc(=O)n3CCC2C(F)(F)F)CC1. The summed E-state index contributed by atoms with van der Waals surface area (Å²) in [6, 6.07) is -0.112. The van der Waals surface area contributed by atoms with Gasteiger partial charge in [0.05, 0.1) is 18.8 Å². The molecule has 0 spiro atoms. The zero-order valence-electron chi connectivity index (χ0n) is 17.1. The lowest BCUT2D eigenvalue weighted by atomic mass is 9.95. The standard InChI is InChI=1S/C20H26F3N5O3/c21-20(22,23)16-3-6-26-18(30)8-17(27-10-15-7-14(27)11-31-15)24-19(26)28(16)9-13-1-4-25(12-29)5-2-13/h8,12-16H,1-7,9-11H2. The molecule has 0 radical (unpaired) electrons. The van der Waals surface area contributed by atoms with Gasteiger partial charge in [-0.1, -0.05) is 0 Å². The number of carbonyl (C=O) groups excluding carboxylic acids is 1. The Labute approximate surface area is 177 Å². The maximum absolute atomic E-state index is 13.9.